The molecule has 0 aromatic heterocycles. The van der Waals surface area contributed by atoms with E-state index in [0.29, 0.717) is 5.92 Å². The third-order valence-corrected chi connectivity index (χ3v) is 22.0. The molecule has 3 aromatic carbocycles. The van der Waals surface area contributed by atoms with Gasteiger partial charge >= 0.3 is 199 Å². The van der Waals surface area contributed by atoms with Crippen molar-refractivity contribution in [1.82, 2.24) is 8.76 Å². The molecule has 1 fully saturated rings. The monoisotopic (exact) mass is 505 g/mol. The van der Waals surface area contributed by atoms with Gasteiger partial charge < -0.3 is 0 Å². The van der Waals surface area contributed by atoms with Crippen molar-refractivity contribution >= 4 is 43.4 Å². The molecule has 5 heteroatoms. The van der Waals surface area contributed by atoms with E-state index in [0.717, 1.165) is 26.2 Å². The van der Waals surface area contributed by atoms with Gasteiger partial charge in [-0.1, -0.05) is 0 Å². The molecule has 0 bridgehead atoms. The quantitative estimate of drug-likeness (QED) is 0.441. The van der Waals surface area contributed by atoms with Crippen LogP contribution in [0.1, 0.15) is 24.0 Å². The van der Waals surface area contributed by atoms with E-state index in [-0.39, 0.29) is 0 Å². The Hall–Kier alpha value is -1.76. The number of fused-ring (bicyclic) bond motifs is 1. The Bertz CT molecular complexity index is 1120. The summed E-state index contributed by atoms with van der Waals surface area (Å²) in [6.45, 7) is 9.96. The Morgan fingerprint density at radius 1 is 0.969 bits per heavy atom. The fraction of sp³-hybridized carbons (Fsp3) is 0.370. The molecule has 5 rings (SSSR count). The standard InChI is InChI=1S/C27H33GeN3S/c1-21-11-13-24(14-12-21)28(3)31(19-20-32-28)18-17-30-16-15-29-27(30)22(2)25-10-6-8-23-7-4-5-9-26(23)25/h4-14,22H,15-20H2,1-3H3. The van der Waals surface area contributed by atoms with Crippen molar-refractivity contribution in [1.29, 1.82) is 0 Å². The third kappa shape index (κ3) is 4.13. The zero-order chi connectivity index (χ0) is 22.1. The van der Waals surface area contributed by atoms with Crippen LogP contribution in [0.2, 0.25) is 5.76 Å². The summed E-state index contributed by atoms with van der Waals surface area (Å²) in [6.07, 6.45) is 0. The Balaban J connectivity index is 1.31. The van der Waals surface area contributed by atoms with Gasteiger partial charge in [-0.3, -0.25) is 0 Å². The molecule has 2 aliphatic rings. The van der Waals surface area contributed by atoms with Gasteiger partial charge in [-0.15, -0.1) is 0 Å². The van der Waals surface area contributed by atoms with Crippen molar-refractivity contribution in [2.45, 2.75) is 25.5 Å². The molecule has 1 saturated heterocycles. The third-order valence-electron chi connectivity index (χ3n) is 7.22. The molecule has 0 spiro atoms. The first kappa shape index (κ1) is 22.1. The molecule has 3 nitrogen and oxygen atoms in total. The van der Waals surface area contributed by atoms with Crippen LogP contribution in [0.5, 0.6) is 0 Å². The maximum absolute atomic E-state index is 4.98. The summed E-state index contributed by atoms with van der Waals surface area (Å²) >= 11 is -2.25. The van der Waals surface area contributed by atoms with Crippen molar-refractivity contribution < 1.29 is 0 Å². The average Bonchev–Trinajstić information content (AvgIpc) is 3.44. The van der Waals surface area contributed by atoms with Crippen LogP contribution in [0.15, 0.2) is 71.7 Å². The zero-order valence-corrected chi connectivity index (χ0v) is 22.3. The Kier molecular flexibility index (Phi) is 6.37. The summed E-state index contributed by atoms with van der Waals surface area (Å²) in [5, 5.41) is 2.67. The predicted octanol–water partition coefficient (Wildman–Crippen LogP) is 4.99. The van der Waals surface area contributed by atoms with E-state index in [1.165, 1.54) is 40.0 Å². The number of hydrogen-bond acceptors (Lipinski definition) is 4. The molecule has 0 radical (unpaired) electrons. The van der Waals surface area contributed by atoms with Gasteiger partial charge in [0.1, 0.15) is 0 Å². The number of hydrogen-bond donors (Lipinski definition) is 0. The van der Waals surface area contributed by atoms with Crippen LogP contribution in [-0.4, -0.2) is 65.4 Å². The normalized spacial score (nSPS) is 22.5. The first-order valence-corrected chi connectivity index (χ1v) is 19.4. The van der Waals surface area contributed by atoms with Gasteiger partial charge in [-0.25, -0.2) is 0 Å². The van der Waals surface area contributed by atoms with E-state index in [2.05, 4.69) is 105 Å². The van der Waals surface area contributed by atoms with Gasteiger partial charge in [0, 0.05) is 0 Å². The number of aryl methyl sites for hydroxylation is 1. The van der Waals surface area contributed by atoms with E-state index in [9.17, 15) is 0 Å². The number of amidine groups is 1. The van der Waals surface area contributed by atoms with Gasteiger partial charge in [-0.05, 0) is 0 Å². The predicted molar refractivity (Wildman–Crippen MR) is 143 cm³/mol. The van der Waals surface area contributed by atoms with E-state index in [4.69, 9.17) is 4.99 Å². The average molecular weight is 504 g/mol. The van der Waals surface area contributed by atoms with Crippen LogP contribution in [-0.2, 0) is 0 Å². The first-order chi connectivity index (χ1) is 15.6. The van der Waals surface area contributed by atoms with Crippen molar-refractivity contribution in [3.8, 4) is 0 Å². The molecular weight excluding hydrogens is 471 g/mol. The second kappa shape index (κ2) is 9.24. The van der Waals surface area contributed by atoms with Crippen LogP contribution >= 0.6 is 10.1 Å². The number of aliphatic imine (C=N–C) groups is 1. The summed E-state index contributed by atoms with van der Waals surface area (Å²) in [4.78, 5) is 7.55. The molecule has 2 heterocycles. The molecule has 166 valence electrons. The first-order valence-electron chi connectivity index (χ1n) is 11.8. The van der Waals surface area contributed by atoms with Crippen LogP contribution in [0.4, 0.5) is 0 Å². The molecule has 0 saturated carbocycles. The van der Waals surface area contributed by atoms with Crippen LogP contribution in [0.25, 0.3) is 10.8 Å². The fourth-order valence-electron chi connectivity index (χ4n) is 5.26. The van der Waals surface area contributed by atoms with Gasteiger partial charge in [0.15, 0.2) is 0 Å². The maximum atomic E-state index is 4.98. The molecular formula is C27H33GeN3S. The summed E-state index contributed by atoms with van der Waals surface area (Å²) in [6, 6.07) is 24.8. The second-order valence-electron chi connectivity index (χ2n) is 9.20. The molecule has 2 aliphatic heterocycles. The SMILES string of the molecule is Cc1cc[c]([Ge]2([CH3])[S]CC[N]2CCN2CCN=C2C(C)c2cccc3ccccc23)cc1. The Morgan fingerprint density at radius 3 is 2.59 bits per heavy atom. The van der Waals surface area contributed by atoms with Crippen LogP contribution in [0.3, 0.4) is 0 Å². The molecule has 0 amide bonds. The Labute approximate surface area is 198 Å². The van der Waals surface area contributed by atoms with Crippen molar-refractivity contribution in [3.63, 3.8) is 0 Å². The molecule has 0 aliphatic carbocycles. The summed E-state index contributed by atoms with van der Waals surface area (Å²) in [5.41, 5.74) is 2.75. The van der Waals surface area contributed by atoms with Crippen molar-refractivity contribution in [3.05, 3.63) is 77.9 Å². The minimum absolute atomic E-state index is 0.321. The van der Waals surface area contributed by atoms with Crippen LogP contribution < -0.4 is 4.40 Å². The molecule has 3 aromatic rings. The van der Waals surface area contributed by atoms with E-state index in [1.807, 2.05) is 0 Å². The molecule has 2 unspecified atom stereocenters. The molecule has 2 atom stereocenters. The van der Waals surface area contributed by atoms with Gasteiger partial charge in [0.05, 0.1) is 0 Å². The van der Waals surface area contributed by atoms with E-state index >= 15 is 0 Å². The van der Waals surface area contributed by atoms with E-state index in [1.54, 1.807) is 4.40 Å². The Morgan fingerprint density at radius 2 is 1.75 bits per heavy atom. The summed E-state index contributed by atoms with van der Waals surface area (Å²) < 4.78 is 4.46. The summed E-state index contributed by atoms with van der Waals surface area (Å²) in [7, 11) is 2.26. The summed E-state index contributed by atoms with van der Waals surface area (Å²) in [5.74, 6) is 5.46. The van der Waals surface area contributed by atoms with Crippen molar-refractivity contribution in [2.24, 2.45) is 4.99 Å². The topological polar surface area (TPSA) is 18.8 Å². The van der Waals surface area contributed by atoms with Gasteiger partial charge in [0.25, 0.3) is 0 Å². The molecule has 0 N–H and O–H groups in total. The zero-order valence-electron chi connectivity index (χ0n) is 19.4. The van der Waals surface area contributed by atoms with Gasteiger partial charge in [0.2, 0.25) is 0 Å². The fourth-order valence-corrected chi connectivity index (χ4v) is 18.2. The van der Waals surface area contributed by atoms with E-state index < -0.39 is 12.3 Å². The number of rotatable bonds is 6. The number of nitrogens with zero attached hydrogens (tertiary/aromatic N) is 3. The number of benzene rings is 3. The van der Waals surface area contributed by atoms with Crippen molar-refractivity contribution in [2.75, 3.05) is 38.5 Å². The second-order valence-corrected chi connectivity index (χ2v) is 22.5. The van der Waals surface area contributed by atoms with Crippen LogP contribution in [0, 0.1) is 6.92 Å². The molecule has 32 heavy (non-hydrogen) atoms. The minimum atomic E-state index is -2.25. The van der Waals surface area contributed by atoms with Gasteiger partial charge in [-0.2, -0.15) is 0 Å².